The quantitative estimate of drug-likeness (QED) is 0.707. The van der Waals surface area contributed by atoms with Crippen molar-refractivity contribution in [3.05, 3.63) is 0 Å². The molecule has 0 aromatic heterocycles. The van der Waals surface area contributed by atoms with Gasteiger partial charge in [-0.15, -0.1) is 0 Å². The van der Waals surface area contributed by atoms with Crippen LogP contribution in [-0.4, -0.2) is 60.6 Å². The molecule has 0 aromatic carbocycles. The molecule has 2 aliphatic rings. The highest BCUT2D eigenvalue weighted by Crippen LogP contribution is 2.38. The topological polar surface area (TPSA) is 95.9 Å². The maximum Gasteiger partial charge on any atom is 0.307 e. The first-order valence-electron chi connectivity index (χ1n) is 6.82. The first-order valence-corrected chi connectivity index (χ1v) is 6.82. The Hall–Kier alpha value is -1.63. The van der Waals surface area contributed by atoms with E-state index in [4.69, 9.17) is 9.84 Å². The van der Waals surface area contributed by atoms with E-state index in [-0.39, 0.29) is 30.4 Å². The molecule has 0 spiro atoms. The molecule has 0 unspecified atom stereocenters. The van der Waals surface area contributed by atoms with Gasteiger partial charge in [0.1, 0.15) is 6.61 Å². The average molecular weight is 284 g/mol. The Morgan fingerprint density at radius 2 is 1.90 bits per heavy atom. The van der Waals surface area contributed by atoms with Gasteiger partial charge in [-0.3, -0.25) is 14.4 Å². The number of nitrogens with zero attached hydrogens (tertiary/aromatic N) is 1. The van der Waals surface area contributed by atoms with Crippen LogP contribution in [-0.2, 0) is 19.1 Å². The third kappa shape index (κ3) is 3.47. The van der Waals surface area contributed by atoms with E-state index >= 15 is 0 Å². The first kappa shape index (κ1) is 14.8. The lowest BCUT2D eigenvalue weighted by atomic mass is 10.0. The van der Waals surface area contributed by atoms with E-state index in [9.17, 15) is 14.4 Å². The molecule has 0 bridgehead atoms. The Morgan fingerprint density at radius 3 is 2.40 bits per heavy atom. The van der Waals surface area contributed by atoms with Crippen LogP contribution in [0.5, 0.6) is 0 Å². The number of nitrogens with one attached hydrogen (secondary N) is 1. The van der Waals surface area contributed by atoms with Crippen LogP contribution in [0.4, 0.5) is 0 Å². The monoisotopic (exact) mass is 284 g/mol. The van der Waals surface area contributed by atoms with Crippen molar-refractivity contribution >= 4 is 17.8 Å². The molecule has 2 fully saturated rings. The van der Waals surface area contributed by atoms with E-state index in [1.54, 1.807) is 4.90 Å². The third-order valence-corrected chi connectivity index (χ3v) is 3.91. The zero-order chi connectivity index (χ0) is 14.7. The Labute approximate surface area is 117 Å². The van der Waals surface area contributed by atoms with E-state index < -0.39 is 11.9 Å². The Balaban J connectivity index is 1.71. The third-order valence-electron chi connectivity index (χ3n) is 3.91. The Morgan fingerprint density at radius 1 is 1.25 bits per heavy atom. The summed E-state index contributed by atoms with van der Waals surface area (Å²) in [5, 5.41) is 11.7. The minimum Gasteiger partial charge on any atom is -0.481 e. The lowest BCUT2D eigenvalue weighted by molar-refractivity contribution is -0.140. The van der Waals surface area contributed by atoms with Crippen molar-refractivity contribution in [1.82, 2.24) is 10.2 Å². The summed E-state index contributed by atoms with van der Waals surface area (Å²) in [4.78, 5) is 35.9. The number of amides is 2. The van der Waals surface area contributed by atoms with Crippen molar-refractivity contribution in [1.29, 1.82) is 0 Å². The molecule has 1 aliphatic heterocycles. The molecule has 1 aliphatic carbocycles. The van der Waals surface area contributed by atoms with E-state index in [1.807, 2.05) is 0 Å². The molecule has 7 heteroatoms. The minimum absolute atomic E-state index is 0.0316. The van der Waals surface area contributed by atoms with E-state index in [1.165, 1.54) is 7.11 Å². The second kappa shape index (κ2) is 6.21. The van der Waals surface area contributed by atoms with Gasteiger partial charge in [0, 0.05) is 26.2 Å². The fraction of sp³-hybridized carbons (Fsp3) is 0.769. The molecular formula is C13H20N2O5. The number of ether oxygens (including phenoxy) is 1. The number of methoxy groups -OCH3 is 1. The fourth-order valence-corrected chi connectivity index (χ4v) is 2.55. The highest BCUT2D eigenvalue weighted by molar-refractivity contribution is 5.89. The van der Waals surface area contributed by atoms with Crippen molar-refractivity contribution in [2.45, 2.75) is 25.3 Å². The lowest BCUT2D eigenvalue weighted by Gasteiger charge is -2.32. The second-order valence-corrected chi connectivity index (χ2v) is 5.38. The van der Waals surface area contributed by atoms with Crippen LogP contribution < -0.4 is 5.32 Å². The standard InChI is InChI=1S/C13H20N2O5/c1-20-7-11(16)15-4-2-8(3-5-15)14-12(17)9-6-10(9)13(18)19/h8-10H,2-7H2,1H3,(H,14,17)(H,18,19)/t9-,10+/m1/s1. The van der Waals surface area contributed by atoms with Gasteiger partial charge in [0.25, 0.3) is 0 Å². The zero-order valence-corrected chi connectivity index (χ0v) is 11.5. The molecule has 0 aromatic rings. The summed E-state index contributed by atoms with van der Waals surface area (Å²) < 4.78 is 4.81. The van der Waals surface area contributed by atoms with Crippen molar-refractivity contribution < 1.29 is 24.2 Å². The van der Waals surface area contributed by atoms with E-state index in [0.29, 0.717) is 32.4 Å². The molecular weight excluding hydrogens is 264 g/mol. The minimum atomic E-state index is -0.898. The van der Waals surface area contributed by atoms with Crippen LogP contribution in [0.2, 0.25) is 0 Å². The Bertz CT molecular complexity index is 404. The van der Waals surface area contributed by atoms with Gasteiger partial charge in [0.05, 0.1) is 11.8 Å². The molecule has 1 saturated heterocycles. The number of carbonyl (C=O) groups is 3. The van der Waals surface area contributed by atoms with Crippen molar-refractivity contribution in [3.63, 3.8) is 0 Å². The fourth-order valence-electron chi connectivity index (χ4n) is 2.55. The normalized spacial score (nSPS) is 26.1. The molecule has 2 amide bonds. The van der Waals surface area contributed by atoms with Crippen LogP contribution >= 0.6 is 0 Å². The number of aliphatic carboxylic acids is 1. The summed E-state index contributed by atoms with van der Waals surface area (Å²) in [5.74, 6) is -1.99. The first-order chi connectivity index (χ1) is 9.52. The van der Waals surface area contributed by atoms with Gasteiger partial charge in [0.2, 0.25) is 11.8 Å². The lowest BCUT2D eigenvalue weighted by Crippen LogP contribution is -2.47. The summed E-state index contributed by atoms with van der Waals surface area (Å²) in [6, 6.07) is 0.0316. The number of hydrogen-bond donors (Lipinski definition) is 2. The summed E-state index contributed by atoms with van der Waals surface area (Å²) in [5.41, 5.74) is 0. The molecule has 112 valence electrons. The number of carboxylic acids is 1. The summed E-state index contributed by atoms with van der Waals surface area (Å²) in [6.07, 6.45) is 1.84. The Kier molecular flexibility index (Phi) is 4.59. The van der Waals surface area contributed by atoms with Gasteiger partial charge < -0.3 is 20.1 Å². The second-order valence-electron chi connectivity index (χ2n) is 5.38. The van der Waals surface area contributed by atoms with Crippen molar-refractivity contribution in [3.8, 4) is 0 Å². The molecule has 7 nitrogen and oxygen atoms in total. The van der Waals surface area contributed by atoms with Gasteiger partial charge in [0.15, 0.2) is 0 Å². The van der Waals surface area contributed by atoms with E-state index in [0.717, 1.165) is 0 Å². The maximum atomic E-state index is 11.8. The molecule has 2 rings (SSSR count). The highest BCUT2D eigenvalue weighted by Gasteiger charge is 2.48. The average Bonchev–Trinajstić information content (AvgIpc) is 3.20. The molecule has 1 saturated carbocycles. The molecule has 2 atom stereocenters. The largest absolute Gasteiger partial charge is 0.481 e. The molecule has 20 heavy (non-hydrogen) atoms. The smallest absolute Gasteiger partial charge is 0.307 e. The van der Waals surface area contributed by atoms with Gasteiger partial charge >= 0.3 is 5.97 Å². The van der Waals surface area contributed by atoms with Crippen molar-refractivity contribution in [2.24, 2.45) is 11.8 Å². The SMILES string of the molecule is COCC(=O)N1CCC(NC(=O)[C@@H]2C[C@@H]2C(=O)O)CC1. The van der Waals surface area contributed by atoms with Gasteiger partial charge in [-0.25, -0.2) is 0 Å². The molecule has 1 heterocycles. The number of carbonyl (C=O) groups excluding carboxylic acids is 2. The van der Waals surface area contributed by atoms with Gasteiger partial charge in [-0.1, -0.05) is 0 Å². The van der Waals surface area contributed by atoms with Crippen LogP contribution in [0, 0.1) is 11.8 Å². The summed E-state index contributed by atoms with van der Waals surface area (Å²) >= 11 is 0. The van der Waals surface area contributed by atoms with Crippen LogP contribution in [0.3, 0.4) is 0 Å². The number of hydrogen-bond acceptors (Lipinski definition) is 4. The number of piperidine rings is 1. The van der Waals surface area contributed by atoms with Gasteiger partial charge in [-0.2, -0.15) is 0 Å². The molecule has 2 N–H and O–H groups in total. The predicted octanol–water partition coefficient (Wildman–Crippen LogP) is -0.539. The number of likely N-dealkylation sites (tertiary alicyclic amines) is 1. The predicted molar refractivity (Wildman–Crippen MR) is 68.9 cm³/mol. The zero-order valence-electron chi connectivity index (χ0n) is 11.5. The number of rotatable bonds is 5. The maximum absolute atomic E-state index is 11.8. The van der Waals surface area contributed by atoms with Crippen LogP contribution in [0.1, 0.15) is 19.3 Å². The highest BCUT2D eigenvalue weighted by atomic mass is 16.5. The molecule has 0 radical (unpaired) electrons. The summed E-state index contributed by atoms with van der Waals surface area (Å²) in [6.45, 7) is 1.28. The van der Waals surface area contributed by atoms with Crippen molar-refractivity contribution in [2.75, 3.05) is 26.8 Å². The van der Waals surface area contributed by atoms with E-state index in [2.05, 4.69) is 5.32 Å². The van der Waals surface area contributed by atoms with Gasteiger partial charge in [-0.05, 0) is 19.3 Å². The van der Waals surface area contributed by atoms with Crippen LogP contribution in [0.15, 0.2) is 0 Å². The number of carboxylic acid groups (broad SMARTS) is 1. The van der Waals surface area contributed by atoms with Crippen LogP contribution in [0.25, 0.3) is 0 Å². The summed E-state index contributed by atoms with van der Waals surface area (Å²) in [7, 11) is 1.49.